The van der Waals surface area contributed by atoms with E-state index in [0.717, 1.165) is 17.2 Å². The fraction of sp³-hybridized carbons (Fsp3) is 0.190. The molecular weight excluding hydrogens is 382 g/mol. The van der Waals surface area contributed by atoms with Crippen molar-refractivity contribution >= 4 is 34.4 Å². The van der Waals surface area contributed by atoms with Gasteiger partial charge in [0, 0.05) is 17.6 Å². The van der Waals surface area contributed by atoms with Gasteiger partial charge in [0.1, 0.15) is 5.58 Å². The Morgan fingerprint density at radius 2 is 1.86 bits per heavy atom. The van der Waals surface area contributed by atoms with Crippen LogP contribution in [0, 0.1) is 6.92 Å². The molecule has 0 saturated heterocycles. The zero-order chi connectivity index (χ0) is 20.3. The largest absolute Gasteiger partial charge is 0.449 e. The van der Waals surface area contributed by atoms with Crippen molar-refractivity contribution in [3.63, 3.8) is 0 Å². The molecule has 1 atom stereocenters. The van der Waals surface area contributed by atoms with Crippen molar-refractivity contribution < 1.29 is 18.7 Å². The molecule has 0 bridgehead atoms. The highest BCUT2D eigenvalue weighted by molar-refractivity contribution is 6.31. The van der Waals surface area contributed by atoms with Crippen LogP contribution in [0.15, 0.2) is 57.7 Å². The summed E-state index contributed by atoms with van der Waals surface area (Å²) in [7, 11) is 0. The van der Waals surface area contributed by atoms with Gasteiger partial charge in [-0.25, -0.2) is 4.79 Å². The first-order chi connectivity index (χ1) is 13.3. The number of carbonyl (C=O) groups is 2. The number of fused-ring (bicyclic) bond motifs is 1. The molecule has 0 spiro atoms. The lowest BCUT2D eigenvalue weighted by molar-refractivity contribution is -0.129. The molecule has 2 aromatic carbocycles. The van der Waals surface area contributed by atoms with Crippen LogP contribution in [0.1, 0.15) is 28.6 Å². The molecule has 1 amide bonds. The van der Waals surface area contributed by atoms with Crippen molar-refractivity contribution in [1.82, 2.24) is 5.32 Å². The minimum Gasteiger partial charge on any atom is -0.449 e. The number of hydrogen-bond donors (Lipinski definition) is 1. The summed E-state index contributed by atoms with van der Waals surface area (Å²) in [6.07, 6.45) is -1.05. The first-order valence-electron chi connectivity index (χ1n) is 8.61. The van der Waals surface area contributed by atoms with Crippen LogP contribution in [0.2, 0.25) is 5.02 Å². The first kappa shape index (κ1) is 19.6. The Hall–Kier alpha value is -3.12. The zero-order valence-electron chi connectivity index (χ0n) is 15.3. The topological polar surface area (TPSA) is 85.6 Å². The number of aryl methyl sites for hydroxylation is 1. The van der Waals surface area contributed by atoms with E-state index in [1.54, 1.807) is 6.07 Å². The molecule has 1 aromatic heterocycles. The highest BCUT2D eigenvalue weighted by Gasteiger charge is 2.21. The molecule has 0 radical (unpaired) electrons. The highest BCUT2D eigenvalue weighted by Crippen LogP contribution is 2.18. The maximum atomic E-state index is 12.3. The molecule has 28 heavy (non-hydrogen) atoms. The Morgan fingerprint density at radius 3 is 2.57 bits per heavy atom. The number of amides is 1. The van der Waals surface area contributed by atoms with E-state index in [2.05, 4.69) is 5.32 Å². The van der Waals surface area contributed by atoms with Crippen LogP contribution in [0.4, 0.5) is 0 Å². The maximum Gasteiger partial charge on any atom is 0.375 e. The second-order valence-electron chi connectivity index (χ2n) is 6.37. The van der Waals surface area contributed by atoms with Crippen LogP contribution >= 0.6 is 11.6 Å². The Labute approximate surface area is 166 Å². The summed E-state index contributed by atoms with van der Waals surface area (Å²) in [5, 5.41) is 3.34. The third kappa shape index (κ3) is 4.58. The summed E-state index contributed by atoms with van der Waals surface area (Å²) in [6, 6.07) is 13.2. The van der Waals surface area contributed by atoms with E-state index in [1.807, 2.05) is 31.2 Å². The predicted octanol–water partition coefficient (Wildman–Crippen LogP) is 3.62. The van der Waals surface area contributed by atoms with Crippen molar-refractivity contribution in [3.05, 3.63) is 80.7 Å². The van der Waals surface area contributed by atoms with E-state index in [-0.39, 0.29) is 16.7 Å². The minimum absolute atomic E-state index is 0.209. The molecule has 0 unspecified atom stereocenters. The van der Waals surface area contributed by atoms with Crippen molar-refractivity contribution in [2.75, 3.05) is 0 Å². The van der Waals surface area contributed by atoms with E-state index >= 15 is 0 Å². The van der Waals surface area contributed by atoms with Crippen LogP contribution in [0.5, 0.6) is 0 Å². The predicted molar refractivity (Wildman–Crippen MR) is 105 cm³/mol. The molecule has 3 rings (SSSR count). The van der Waals surface area contributed by atoms with Crippen molar-refractivity contribution in [3.8, 4) is 0 Å². The van der Waals surface area contributed by atoms with Gasteiger partial charge in [-0.1, -0.05) is 41.4 Å². The molecular formula is C21H18ClNO5. The fourth-order valence-electron chi connectivity index (χ4n) is 2.54. The van der Waals surface area contributed by atoms with Crippen LogP contribution in [0.25, 0.3) is 11.0 Å². The number of benzene rings is 2. The molecule has 1 N–H and O–H groups in total. The molecule has 6 nitrogen and oxygen atoms in total. The van der Waals surface area contributed by atoms with E-state index < -0.39 is 23.4 Å². The number of nitrogens with one attached hydrogen (secondary N) is 1. The van der Waals surface area contributed by atoms with Gasteiger partial charge in [0.25, 0.3) is 5.91 Å². The van der Waals surface area contributed by atoms with E-state index in [1.165, 1.54) is 19.1 Å². The summed E-state index contributed by atoms with van der Waals surface area (Å²) in [5.41, 5.74) is 1.83. The number of carbonyl (C=O) groups excluding carboxylic acids is 2. The van der Waals surface area contributed by atoms with Crippen LogP contribution in [-0.2, 0) is 16.1 Å². The van der Waals surface area contributed by atoms with Crippen LogP contribution in [0.3, 0.4) is 0 Å². The number of halogens is 1. The lowest BCUT2D eigenvalue weighted by atomic mass is 10.1. The summed E-state index contributed by atoms with van der Waals surface area (Å²) >= 11 is 5.86. The van der Waals surface area contributed by atoms with Crippen molar-refractivity contribution in [1.29, 1.82) is 0 Å². The maximum absolute atomic E-state index is 12.3. The average molecular weight is 400 g/mol. The van der Waals surface area contributed by atoms with Gasteiger partial charge in [0.15, 0.2) is 11.5 Å². The van der Waals surface area contributed by atoms with Gasteiger partial charge in [0.2, 0.25) is 5.76 Å². The van der Waals surface area contributed by atoms with Gasteiger partial charge in [-0.3, -0.25) is 9.59 Å². The normalized spacial score (nSPS) is 11.8. The van der Waals surface area contributed by atoms with Crippen molar-refractivity contribution in [2.45, 2.75) is 26.5 Å². The molecule has 0 fully saturated rings. The Balaban J connectivity index is 1.65. The lowest BCUT2D eigenvalue weighted by Crippen LogP contribution is -2.35. The second kappa shape index (κ2) is 8.27. The molecule has 0 aliphatic heterocycles. The van der Waals surface area contributed by atoms with Gasteiger partial charge in [-0.2, -0.15) is 0 Å². The fourth-order valence-corrected chi connectivity index (χ4v) is 2.71. The number of hydrogen-bond acceptors (Lipinski definition) is 5. The molecule has 7 heteroatoms. The smallest absolute Gasteiger partial charge is 0.375 e. The van der Waals surface area contributed by atoms with Crippen molar-refractivity contribution in [2.24, 2.45) is 0 Å². The number of rotatable bonds is 5. The molecule has 0 aliphatic carbocycles. The van der Waals surface area contributed by atoms with Gasteiger partial charge >= 0.3 is 5.97 Å². The molecule has 0 aliphatic rings. The SMILES string of the molecule is Cc1ccc(CNC(=O)[C@H](C)OC(=O)c2cc(=O)c3cc(Cl)ccc3o2)cc1. The van der Waals surface area contributed by atoms with Crippen LogP contribution < -0.4 is 10.7 Å². The Kier molecular flexibility index (Phi) is 5.80. The third-order valence-electron chi connectivity index (χ3n) is 4.13. The van der Waals surface area contributed by atoms with E-state index in [4.69, 9.17) is 20.8 Å². The quantitative estimate of drug-likeness (QED) is 0.662. The number of esters is 1. The van der Waals surface area contributed by atoms with Crippen LogP contribution in [-0.4, -0.2) is 18.0 Å². The summed E-state index contributed by atoms with van der Waals surface area (Å²) in [4.78, 5) is 36.6. The van der Waals surface area contributed by atoms with Gasteiger partial charge in [-0.05, 0) is 37.6 Å². The monoisotopic (exact) mass is 399 g/mol. The Morgan fingerprint density at radius 1 is 1.14 bits per heavy atom. The zero-order valence-corrected chi connectivity index (χ0v) is 16.1. The summed E-state index contributed by atoms with van der Waals surface area (Å²) < 4.78 is 10.5. The highest BCUT2D eigenvalue weighted by atomic mass is 35.5. The average Bonchev–Trinajstić information content (AvgIpc) is 2.67. The molecule has 144 valence electrons. The first-order valence-corrected chi connectivity index (χ1v) is 8.99. The summed E-state index contributed by atoms with van der Waals surface area (Å²) in [5.74, 6) is -1.63. The van der Waals surface area contributed by atoms with Gasteiger partial charge in [-0.15, -0.1) is 0 Å². The standard InChI is InChI=1S/C21H18ClNO5/c1-12-3-5-14(6-4-12)11-23-20(25)13(2)27-21(26)19-10-17(24)16-9-15(22)7-8-18(16)28-19/h3-10,13H,11H2,1-2H3,(H,23,25)/t13-/m0/s1. The van der Waals surface area contributed by atoms with E-state index in [0.29, 0.717) is 11.6 Å². The lowest BCUT2D eigenvalue weighted by Gasteiger charge is -2.13. The van der Waals surface area contributed by atoms with Gasteiger partial charge in [0.05, 0.1) is 5.39 Å². The summed E-state index contributed by atoms with van der Waals surface area (Å²) in [6.45, 7) is 3.73. The van der Waals surface area contributed by atoms with E-state index in [9.17, 15) is 14.4 Å². The minimum atomic E-state index is -1.05. The Bertz CT molecular complexity index is 1090. The molecule has 0 saturated carbocycles. The third-order valence-corrected chi connectivity index (χ3v) is 4.37. The second-order valence-corrected chi connectivity index (χ2v) is 6.80. The molecule has 3 aromatic rings. The molecule has 1 heterocycles. The van der Waals surface area contributed by atoms with Gasteiger partial charge < -0.3 is 14.5 Å². The number of ether oxygens (including phenoxy) is 1.